The Labute approximate surface area is 125 Å². The molecule has 0 aromatic rings. The molecule has 21 heavy (non-hydrogen) atoms. The van der Waals surface area contributed by atoms with Crippen LogP contribution in [-0.2, 0) is 19.1 Å². The molecule has 1 saturated heterocycles. The number of methoxy groups -OCH3 is 1. The molecular formula is C14H22N2O5. The number of nitrogens with zero attached hydrogens (tertiary/aromatic N) is 2. The minimum Gasteiger partial charge on any atom is -0.467 e. The lowest BCUT2D eigenvalue weighted by atomic mass is 10.1. The highest BCUT2D eigenvalue weighted by Crippen LogP contribution is 2.27. The summed E-state index contributed by atoms with van der Waals surface area (Å²) in [6.07, 6.45) is -0.775. The molecule has 1 aliphatic heterocycles. The number of hydrogen-bond donors (Lipinski definition) is 0. The number of carbonyl (C=O) groups is 3. The van der Waals surface area contributed by atoms with Crippen molar-refractivity contribution in [3.63, 3.8) is 0 Å². The third-order valence-electron chi connectivity index (χ3n) is 2.51. The Balaban J connectivity index is 3.23. The van der Waals surface area contributed by atoms with Gasteiger partial charge in [0.2, 0.25) is 0 Å². The fourth-order valence-corrected chi connectivity index (χ4v) is 1.76. The van der Waals surface area contributed by atoms with E-state index in [1.807, 2.05) is 0 Å². The van der Waals surface area contributed by atoms with Crippen LogP contribution in [0.25, 0.3) is 0 Å². The van der Waals surface area contributed by atoms with Crippen LogP contribution in [0.2, 0.25) is 0 Å². The number of amides is 2. The molecule has 0 saturated carbocycles. The van der Waals surface area contributed by atoms with Crippen LogP contribution in [0.1, 0.15) is 28.5 Å². The van der Waals surface area contributed by atoms with E-state index in [0.717, 1.165) is 7.11 Å². The molecule has 0 unspecified atom stereocenters. The van der Waals surface area contributed by atoms with Crippen LogP contribution in [0.4, 0.5) is 4.79 Å². The zero-order chi connectivity index (χ0) is 17.2. The summed E-state index contributed by atoms with van der Waals surface area (Å²) in [7, 11) is 4.49. The highest BCUT2D eigenvalue weighted by molar-refractivity contribution is 6.08. The molecule has 1 rings (SSSR count). The van der Waals surface area contributed by atoms with E-state index in [1.165, 1.54) is 6.20 Å². The Morgan fingerprint density at radius 1 is 1.43 bits per heavy atom. The van der Waals surface area contributed by atoms with Crippen molar-refractivity contribution in [2.75, 3.05) is 21.2 Å². The van der Waals surface area contributed by atoms with Gasteiger partial charge in [-0.05, 0) is 20.8 Å². The number of carbonyl (C=O) groups excluding carboxylic acids is 3. The van der Waals surface area contributed by atoms with Gasteiger partial charge in [-0.25, -0.2) is 14.5 Å². The molecule has 0 bridgehead atoms. The van der Waals surface area contributed by atoms with E-state index >= 15 is 0 Å². The Morgan fingerprint density at radius 3 is 2.43 bits per heavy atom. The maximum Gasteiger partial charge on any atom is 0.418 e. The van der Waals surface area contributed by atoms with Crippen molar-refractivity contribution in [1.82, 2.24) is 9.80 Å². The van der Waals surface area contributed by atoms with Gasteiger partial charge >= 0.3 is 12.1 Å². The first kappa shape index (κ1) is 15.3. The van der Waals surface area contributed by atoms with E-state index in [1.54, 1.807) is 39.8 Å². The molecule has 1 aliphatic rings. The lowest BCUT2D eigenvalue weighted by Crippen LogP contribution is -2.45. The van der Waals surface area contributed by atoms with Crippen molar-refractivity contribution in [1.29, 1.82) is 0 Å². The molecule has 0 N–H and O–H groups in total. The summed E-state index contributed by atoms with van der Waals surface area (Å²) in [5, 5.41) is 0. The third-order valence-corrected chi connectivity index (χ3v) is 2.51. The van der Waals surface area contributed by atoms with Crippen LogP contribution in [0.3, 0.4) is 0 Å². The molecule has 0 radical (unpaired) electrons. The largest absolute Gasteiger partial charge is 0.467 e. The standard InChI is InChI=1S/C14H22N2O5/c1-14(2,3)21-13(19)16-10(12(18)20-6)7-9(11(16)17)8-15(4)5/h8,10H,7H2,1-6H3/b9-8+/t10-/m0/s1/i7D/t7-,10-. The zero-order valence-corrected chi connectivity index (χ0v) is 13.2. The second kappa shape index (κ2) is 6.15. The summed E-state index contributed by atoms with van der Waals surface area (Å²) < 4.78 is 17.9. The van der Waals surface area contributed by atoms with E-state index in [9.17, 15) is 14.4 Å². The second-order valence-electron chi connectivity index (χ2n) is 5.84. The van der Waals surface area contributed by atoms with Crippen molar-refractivity contribution in [3.05, 3.63) is 11.8 Å². The van der Waals surface area contributed by atoms with E-state index in [2.05, 4.69) is 4.74 Å². The van der Waals surface area contributed by atoms with Crippen molar-refractivity contribution in [2.45, 2.75) is 38.8 Å². The molecular weight excluding hydrogens is 276 g/mol. The topological polar surface area (TPSA) is 76.2 Å². The molecule has 0 aliphatic carbocycles. The fraction of sp³-hybridized carbons (Fsp3) is 0.643. The van der Waals surface area contributed by atoms with Gasteiger partial charge in [0.1, 0.15) is 11.6 Å². The molecule has 0 aromatic carbocycles. The first-order valence-electron chi connectivity index (χ1n) is 7.02. The van der Waals surface area contributed by atoms with Gasteiger partial charge in [0.05, 0.1) is 7.11 Å². The molecule has 7 nitrogen and oxygen atoms in total. The van der Waals surface area contributed by atoms with Crippen LogP contribution in [-0.4, -0.2) is 60.6 Å². The van der Waals surface area contributed by atoms with Gasteiger partial charge in [-0.2, -0.15) is 0 Å². The molecule has 0 aromatic heterocycles. The number of hydrogen-bond acceptors (Lipinski definition) is 6. The van der Waals surface area contributed by atoms with Gasteiger partial charge in [0.25, 0.3) is 5.91 Å². The summed E-state index contributed by atoms with van der Waals surface area (Å²) in [5.74, 6) is -1.56. The van der Waals surface area contributed by atoms with Crippen LogP contribution < -0.4 is 0 Å². The highest BCUT2D eigenvalue weighted by atomic mass is 16.6. The summed E-state index contributed by atoms with van der Waals surface area (Å²) in [6.45, 7) is 4.94. The Hall–Kier alpha value is -2.05. The third kappa shape index (κ3) is 4.21. The summed E-state index contributed by atoms with van der Waals surface area (Å²) >= 11 is 0. The van der Waals surface area contributed by atoms with Gasteiger partial charge in [-0.1, -0.05) is 0 Å². The van der Waals surface area contributed by atoms with E-state index in [0.29, 0.717) is 4.90 Å². The SMILES string of the molecule is [2H][C@H]1/C(=C\N(C)C)C(=O)N(C(=O)OC(C)(C)C)[C@@H]1C(=O)OC. The van der Waals surface area contributed by atoms with Crippen LogP contribution in [0.15, 0.2) is 11.8 Å². The average Bonchev–Trinajstić information content (AvgIpc) is 2.60. The zero-order valence-electron chi connectivity index (χ0n) is 14.2. The smallest absolute Gasteiger partial charge is 0.418 e. The van der Waals surface area contributed by atoms with Gasteiger partial charge in [0.15, 0.2) is 0 Å². The fourth-order valence-electron chi connectivity index (χ4n) is 1.76. The minimum atomic E-state index is -1.35. The molecule has 2 atom stereocenters. The maximum atomic E-state index is 12.4. The Bertz CT molecular complexity index is 510. The van der Waals surface area contributed by atoms with Crippen LogP contribution in [0.5, 0.6) is 0 Å². The van der Waals surface area contributed by atoms with Gasteiger partial charge in [-0.3, -0.25) is 4.79 Å². The van der Waals surface area contributed by atoms with E-state index in [-0.39, 0.29) is 5.57 Å². The first-order valence-corrected chi connectivity index (χ1v) is 6.44. The molecule has 7 heteroatoms. The number of ether oxygens (including phenoxy) is 2. The predicted molar refractivity (Wildman–Crippen MR) is 75.3 cm³/mol. The Kier molecular flexibility index (Phi) is 4.50. The van der Waals surface area contributed by atoms with E-state index < -0.39 is 36.0 Å². The van der Waals surface area contributed by atoms with Gasteiger partial charge in [-0.15, -0.1) is 0 Å². The molecule has 1 heterocycles. The minimum absolute atomic E-state index is 0.0336. The molecule has 2 amide bonds. The summed E-state index contributed by atoms with van der Waals surface area (Å²) in [4.78, 5) is 38.8. The normalized spacial score (nSPS) is 24.9. The average molecular weight is 299 g/mol. The molecule has 0 spiro atoms. The van der Waals surface area contributed by atoms with Gasteiger partial charge in [0, 0.05) is 33.6 Å². The lowest BCUT2D eigenvalue weighted by Gasteiger charge is -2.25. The quantitative estimate of drug-likeness (QED) is 0.562. The number of imide groups is 1. The highest BCUT2D eigenvalue weighted by Gasteiger charge is 2.46. The predicted octanol–water partition coefficient (Wildman–Crippen LogP) is 1.14. The number of likely N-dealkylation sites (tertiary alicyclic amines) is 1. The first-order chi connectivity index (χ1) is 9.99. The van der Waals surface area contributed by atoms with Crippen molar-refractivity contribution < 1.29 is 25.2 Å². The van der Waals surface area contributed by atoms with Crippen molar-refractivity contribution >= 4 is 18.0 Å². The van der Waals surface area contributed by atoms with Crippen LogP contribution >= 0.6 is 0 Å². The van der Waals surface area contributed by atoms with Crippen molar-refractivity contribution in [3.8, 4) is 0 Å². The van der Waals surface area contributed by atoms with E-state index in [4.69, 9.17) is 6.11 Å². The molecule has 1 fully saturated rings. The number of esters is 1. The second-order valence-corrected chi connectivity index (χ2v) is 5.84. The van der Waals surface area contributed by atoms with Gasteiger partial charge < -0.3 is 14.4 Å². The monoisotopic (exact) mass is 299 g/mol. The maximum absolute atomic E-state index is 12.4. The molecule has 118 valence electrons. The lowest BCUT2D eigenvalue weighted by molar-refractivity contribution is -0.148. The summed E-state index contributed by atoms with van der Waals surface area (Å²) in [5.41, 5.74) is -0.796. The Morgan fingerprint density at radius 2 is 2.00 bits per heavy atom. The van der Waals surface area contributed by atoms with Crippen LogP contribution in [0, 0.1) is 0 Å². The summed E-state index contributed by atoms with van der Waals surface area (Å²) in [6, 6.07) is -1.35. The van der Waals surface area contributed by atoms with Crippen molar-refractivity contribution in [2.24, 2.45) is 0 Å². The number of rotatable bonds is 2.